The summed E-state index contributed by atoms with van der Waals surface area (Å²) in [4.78, 5) is 21.9. The van der Waals surface area contributed by atoms with Crippen molar-refractivity contribution < 1.29 is 23.8 Å². The lowest BCUT2D eigenvalue weighted by atomic mass is 9.99. The molecule has 2 aliphatic rings. The number of aliphatic imine (C=N–C) groups is 1. The van der Waals surface area contributed by atoms with Crippen LogP contribution >= 0.6 is 0 Å². The SMILES string of the molecule is O=C(O)c1c(N2CCc3ccc(F)cc3C2)oc(C=C2C=Nc3ncccc32)c1O. The van der Waals surface area contributed by atoms with Gasteiger partial charge in [-0.05, 0) is 47.9 Å². The third kappa shape index (κ3) is 2.93. The molecule has 30 heavy (non-hydrogen) atoms. The van der Waals surface area contributed by atoms with Crippen LogP contribution in [0.15, 0.2) is 45.9 Å². The number of aromatic nitrogens is 1. The van der Waals surface area contributed by atoms with Gasteiger partial charge in [0, 0.05) is 36.6 Å². The molecule has 0 saturated heterocycles. The van der Waals surface area contributed by atoms with Crippen molar-refractivity contribution in [3.05, 3.63) is 70.4 Å². The lowest BCUT2D eigenvalue weighted by Crippen LogP contribution is -2.31. The quantitative estimate of drug-likeness (QED) is 0.682. The lowest BCUT2D eigenvalue weighted by Gasteiger charge is -2.28. The number of carboxylic acids is 1. The summed E-state index contributed by atoms with van der Waals surface area (Å²) in [5, 5.41) is 20.3. The number of furan rings is 1. The van der Waals surface area contributed by atoms with Crippen LogP contribution in [0.25, 0.3) is 11.6 Å². The van der Waals surface area contributed by atoms with Gasteiger partial charge in [-0.1, -0.05) is 6.07 Å². The van der Waals surface area contributed by atoms with Crippen molar-refractivity contribution in [2.75, 3.05) is 11.4 Å². The van der Waals surface area contributed by atoms with Crippen molar-refractivity contribution in [2.45, 2.75) is 13.0 Å². The topological polar surface area (TPSA) is 99.2 Å². The molecule has 5 rings (SSSR count). The molecule has 7 nitrogen and oxygen atoms in total. The summed E-state index contributed by atoms with van der Waals surface area (Å²) >= 11 is 0. The highest BCUT2D eigenvalue weighted by molar-refractivity contribution is 6.21. The van der Waals surface area contributed by atoms with Crippen molar-refractivity contribution in [1.29, 1.82) is 0 Å². The first kappa shape index (κ1) is 18.1. The van der Waals surface area contributed by atoms with Gasteiger partial charge >= 0.3 is 5.97 Å². The molecular weight excluding hydrogens is 389 g/mol. The maximum atomic E-state index is 13.6. The first-order valence-corrected chi connectivity index (χ1v) is 9.33. The highest BCUT2D eigenvalue weighted by atomic mass is 19.1. The number of anilines is 1. The second kappa shape index (κ2) is 6.84. The van der Waals surface area contributed by atoms with E-state index in [0.717, 1.165) is 16.7 Å². The summed E-state index contributed by atoms with van der Waals surface area (Å²) in [5.74, 6) is -1.50. The molecule has 3 aromatic rings. The second-order valence-electron chi connectivity index (χ2n) is 7.12. The molecule has 0 saturated carbocycles. The Morgan fingerprint density at radius 3 is 2.97 bits per heavy atom. The van der Waals surface area contributed by atoms with Gasteiger partial charge in [0.2, 0.25) is 5.88 Å². The summed E-state index contributed by atoms with van der Waals surface area (Å²) < 4.78 is 19.5. The van der Waals surface area contributed by atoms with E-state index in [0.29, 0.717) is 24.4 Å². The van der Waals surface area contributed by atoms with E-state index in [4.69, 9.17) is 4.42 Å². The summed E-state index contributed by atoms with van der Waals surface area (Å²) in [5.41, 5.74) is 2.86. The number of allylic oxidation sites excluding steroid dienone is 1. The summed E-state index contributed by atoms with van der Waals surface area (Å²) in [6.45, 7) is 0.765. The maximum absolute atomic E-state index is 13.6. The van der Waals surface area contributed by atoms with Gasteiger partial charge in [-0.15, -0.1) is 0 Å². The highest BCUT2D eigenvalue weighted by Crippen LogP contribution is 2.40. The van der Waals surface area contributed by atoms with E-state index in [1.807, 2.05) is 6.07 Å². The van der Waals surface area contributed by atoms with Crippen molar-refractivity contribution in [3.8, 4) is 5.75 Å². The normalized spacial score (nSPS) is 16.0. The minimum Gasteiger partial charge on any atom is -0.504 e. The average molecular weight is 405 g/mol. The standard InChI is InChI=1S/C22H16FN3O4/c23-15-4-3-12-5-7-26(11-14(12)8-15)21-18(22(28)29)19(27)17(30-21)9-13-10-25-20-16(13)2-1-6-24-20/h1-4,6,8-10,27H,5,7,11H2,(H,28,29). The molecule has 1 aromatic carbocycles. The number of hydrogen-bond acceptors (Lipinski definition) is 6. The summed E-state index contributed by atoms with van der Waals surface area (Å²) in [6, 6.07) is 8.18. The number of halogens is 1. The van der Waals surface area contributed by atoms with Crippen LogP contribution in [0.2, 0.25) is 0 Å². The lowest BCUT2D eigenvalue weighted by molar-refractivity contribution is 0.0694. The van der Waals surface area contributed by atoms with E-state index in [1.165, 1.54) is 12.1 Å². The van der Waals surface area contributed by atoms with Crippen molar-refractivity contribution >= 4 is 35.5 Å². The monoisotopic (exact) mass is 405 g/mol. The Kier molecular flexibility index (Phi) is 4.13. The van der Waals surface area contributed by atoms with Crippen LogP contribution in [0.5, 0.6) is 5.75 Å². The van der Waals surface area contributed by atoms with Crippen LogP contribution in [-0.4, -0.2) is 33.9 Å². The van der Waals surface area contributed by atoms with Gasteiger partial charge in [0.25, 0.3) is 0 Å². The zero-order chi connectivity index (χ0) is 20.8. The van der Waals surface area contributed by atoms with Crippen LogP contribution in [-0.2, 0) is 13.0 Å². The Labute approximate surface area is 170 Å². The molecule has 0 spiro atoms. The predicted molar refractivity (Wildman–Crippen MR) is 109 cm³/mol. The molecular formula is C22H16FN3O4. The van der Waals surface area contributed by atoms with Crippen LogP contribution in [0.1, 0.15) is 32.8 Å². The Bertz CT molecular complexity index is 1250. The number of benzene rings is 1. The number of nitrogens with zero attached hydrogens (tertiary/aromatic N) is 3. The van der Waals surface area contributed by atoms with E-state index < -0.39 is 11.7 Å². The largest absolute Gasteiger partial charge is 0.504 e. The Balaban J connectivity index is 1.55. The van der Waals surface area contributed by atoms with Crippen LogP contribution in [0, 0.1) is 5.82 Å². The number of aromatic carboxylic acids is 1. The number of hydrogen-bond donors (Lipinski definition) is 2. The van der Waals surface area contributed by atoms with Crippen molar-refractivity contribution in [2.24, 2.45) is 4.99 Å². The first-order chi connectivity index (χ1) is 14.5. The average Bonchev–Trinajstić information content (AvgIpc) is 3.29. The Morgan fingerprint density at radius 1 is 1.27 bits per heavy atom. The molecule has 8 heteroatoms. The fourth-order valence-electron chi connectivity index (χ4n) is 3.82. The molecule has 0 aliphatic carbocycles. The molecule has 2 aliphatic heterocycles. The number of fused-ring (bicyclic) bond motifs is 2. The summed E-state index contributed by atoms with van der Waals surface area (Å²) in [7, 11) is 0. The fraction of sp³-hybridized carbons (Fsp3) is 0.136. The van der Waals surface area contributed by atoms with E-state index in [2.05, 4.69) is 9.98 Å². The van der Waals surface area contributed by atoms with Gasteiger partial charge in [-0.3, -0.25) is 0 Å². The molecule has 0 atom stereocenters. The highest BCUT2D eigenvalue weighted by Gasteiger charge is 2.30. The van der Waals surface area contributed by atoms with E-state index in [1.54, 1.807) is 35.5 Å². The fourth-order valence-corrected chi connectivity index (χ4v) is 3.82. The second-order valence-corrected chi connectivity index (χ2v) is 7.12. The van der Waals surface area contributed by atoms with Gasteiger partial charge in [-0.25, -0.2) is 19.2 Å². The van der Waals surface area contributed by atoms with Crippen LogP contribution in [0.3, 0.4) is 0 Å². The van der Waals surface area contributed by atoms with Crippen LogP contribution < -0.4 is 4.90 Å². The molecule has 2 aromatic heterocycles. The maximum Gasteiger partial charge on any atom is 0.345 e. The Hall–Kier alpha value is -3.94. The van der Waals surface area contributed by atoms with Gasteiger partial charge in [0.05, 0.1) is 0 Å². The minimum atomic E-state index is -1.30. The van der Waals surface area contributed by atoms with Gasteiger partial charge in [-0.2, -0.15) is 0 Å². The molecule has 0 amide bonds. The molecule has 0 unspecified atom stereocenters. The van der Waals surface area contributed by atoms with E-state index in [9.17, 15) is 19.4 Å². The number of carboxylic acid groups (broad SMARTS) is 1. The third-order valence-electron chi connectivity index (χ3n) is 5.28. The third-order valence-corrected chi connectivity index (χ3v) is 5.28. The Morgan fingerprint density at radius 2 is 2.13 bits per heavy atom. The minimum absolute atomic E-state index is 0.0191. The van der Waals surface area contributed by atoms with Gasteiger partial charge < -0.3 is 19.5 Å². The van der Waals surface area contributed by atoms with Gasteiger partial charge in [0.1, 0.15) is 5.82 Å². The number of rotatable bonds is 3. The van der Waals surface area contributed by atoms with E-state index in [-0.39, 0.29) is 29.6 Å². The molecule has 0 fully saturated rings. The zero-order valence-corrected chi connectivity index (χ0v) is 15.7. The zero-order valence-electron chi connectivity index (χ0n) is 15.7. The van der Waals surface area contributed by atoms with Crippen molar-refractivity contribution in [1.82, 2.24) is 4.98 Å². The predicted octanol–water partition coefficient (Wildman–Crippen LogP) is 4.04. The molecule has 2 N–H and O–H groups in total. The number of aromatic hydroxyl groups is 1. The molecule has 0 bridgehead atoms. The smallest absolute Gasteiger partial charge is 0.345 e. The van der Waals surface area contributed by atoms with Gasteiger partial charge in [0.15, 0.2) is 22.9 Å². The number of pyridine rings is 1. The van der Waals surface area contributed by atoms with Crippen molar-refractivity contribution in [3.63, 3.8) is 0 Å². The number of carbonyl (C=O) groups is 1. The van der Waals surface area contributed by atoms with E-state index >= 15 is 0 Å². The first-order valence-electron chi connectivity index (χ1n) is 9.33. The molecule has 150 valence electrons. The molecule has 0 radical (unpaired) electrons. The van der Waals surface area contributed by atoms with Crippen LogP contribution in [0.4, 0.5) is 16.1 Å². The molecule has 4 heterocycles. The summed E-state index contributed by atoms with van der Waals surface area (Å²) in [6.07, 6.45) is 5.36.